The zero-order chi connectivity index (χ0) is 11.6. The van der Waals surface area contributed by atoms with E-state index < -0.39 is 5.41 Å². The van der Waals surface area contributed by atoms with Crippen LogP contribution in [0.1, 0.15) is 25.5 Å². The summed E-state index contributed by atoms with van der Waals surface area (Å²) in [7, 11) is 0. The van der Waals surface area contributed by atoms with Crippen molar-refractivity contribution in [3.05, 3.63) is 28.8 Å². The lowest BCUT2D eigenvalue weighted by Crippen LogP contribution is -2.32. The molecule has 0 radical (unpaired) electrons. The van der Waals surface area contributed by atoms with Crippen LogP contribution >= 0.6 is 24.0 Å². The molecule has 1 aromatic rings. The molecule has 3 nitrogen and oxygen atoms in total. The highest BCUT2D eigenvalue weighted by atomic mass is 35.5. The van der Waals surface area contributed by atoms with Crippen LogP contribution < -0.4 is 5.73 Å². The zero-order valence-electron chi connectivity index (χ0n) is 9.27. The van der Waals surface area contributed by atoms with Crippen LogP contribution in [0.5, 0.6) is 5.75 Å². The Kier molecular flexibility index (Phi) is 5.56. The molecule has 16 heavy (non-hydrogen) atoms. The molecule has 0 aliphatic heterocycles. The maximum absolute atomic E-state index is 9.26. The fourth-order valence-corrected chi connectivity index (χ4v) is 1.46. The molecular weight excluding hydrogens is 249 g/mol. The number of hydrogen-bond acceptors (Lipinski definition) is 3. The van der Waals surface area contributed by atoms with Crippen LogP contribution in [0.25, 0.3) is 0 Å². The first-order valence-electron chi connectivity index (χ1n) is 4.73. The van der Waals surface area contributed by atoms with Gasteiger partial charge < -0.3 is 15.9 Å². The largest absolute Gasteiger partial charge is 0.506 e. The molecule has 1 atom stereocenters. The minimum atomic E-state index is -0.416. The third kappa shape index (κ3) is 3.25. The van der Waals surface area contributed by atoms with Gasteiger partial charge >= 0.3 is 0 Å². The maximum Gasteiger partial charge on any atom is 0.134 e. The van der Waals surface area contributed by atoms with Gasteiger partial charge in [-0.25, -0.2) is 0 Å². The Morgan fingerprint density at radius 1 is 1.44 bits per heavy atom. The summed E-state index contributed by atoms with van der Waals surface area (Å²) in [6.07, 6.45) is 0. The second-order valence-corrected chi connectivity index (χ2v) is 4.74. The summed E-state index contributed by atoms with van der Waals surface area (Å²) in [4.78, 5) is 0. The van der Waals surface area contributed by atoms with E-state index in [0.29, 0.717) is 0 Å². The Morgan fingerprint density at radius 3 is 2.44 bits per heavy atom. The van der Waals surface area contributed by atoms with Gasteiger partial charge in [-0.2, -0.15) is 0 Å². The predicted octanol–water partition coefficient (Wildman–Crippen LogP) is 2.49. The van der Waals surface area contributed by atoms with Crippen molar-refractivity contribution < 1.29 is 10.2 Å². The van der Waals surface area contributed by atoms with Crippen molar-refractivity contribution in [3.8, 4) is 5.75 Å². The van der Waals surface area contributed by atoms with Crippen LogP contribution in [0, 0.1) is 5.41 Å². The SMILES string of the molecule is CC(C)(CO)[C@H](N)c1ccc(O)c(Cl)c1.Cl. The van der Waals surface area contributed by atoms with Gasteiger partial charge in [0.25, 0.3) is 0 Å². The normalized spacial score (nSPS) is 13.1. The zero-order valence-corrected chi connectivity index (χ0v) is 10.8. The van der Waals surface area contributed by atoms with Crippen LogP contribution in [-0.2, 0) is 0 Å². The molecule has 0 bridgehead atoms. The highest BCUT2D eigenvalue weighted by Gasteiger charge is 2.27. The monoisotopic (exact) mass is 265 g/mol. The summed E-state index contributed by atoms with van der Waals surface area (Å²) in [5.41, 5.74) is 6.39. The topological polar surface area (TPSA) is 66.5 Å². The number of aliphatic hydroxyl groups excluding tert-OH is 1. The number of halogens is 2. The summed E-state index contributed by atoms with van der Waals surface area (Å²) < 4.78 is 0. The van der Waals surface area contributed by atoms with E-state index in [4.69, 9.17) is 17.3 Å². The molecule has 0 aliphatic rings. The van der Waals surface area contributed by atoms with Gasteiger partial charge in [-0.3, -0.25) is 0 Å². The van der Waals surface area contributed by atoms with Crippen molar-refractivity contribution in [2.24, 2.45) is 11.1 Å². The molecule has 4 N–H and O–H groups in total. The van der Waals surface area contributed by atoms with Crippen LogP contribution in [-0.4, -0.2) is 16.8 Å². The molecule has 0 saturated carbocycles. The quantitative estimate of drug-likeness (QED) is 0.787. The van der Waals surface area contributed by atoms with Gasteiger partial charge in [-0.05, 0) is 17.7 Å². The fraction of sp³-hybridized carbons (Fsp3) is 0.455. The molecule has 0 unspecified atom stereocenters. The number of rotatable bonds is 3. The highest BCUT2D eigenvalue weighted by molar-refractivity contribution is 6.32. The van der Waals surface area contributed by atoms with E-state index in [1.807, 2.05) is 13.8 Å². The molecule has 92 valence electrons. The lowest BCUT2D eigenvalue weighted by molar-refractivity contribution is 0.132. The lowest BCUT2D eigenvalue weighted by Gasteiger charge is -2.29. The molecule has 1 aromatic carbocycles. The Balaban J connectivity index is 0.00000225. The average molecular weight is 266 g/mol. The predicted molar refractivity (Wildman–Crippen MR) is 68.2 cm³/mol. The molecule has 0 spiro atoms. The van der Waals surface area contributed by atoms with E-state index in [2.05, 4.69) is 0 Å². The second kappa shape index (κ2) is 5.73. The third-order valence-electron chi connectivity index (χ3n) is 2.58. The first-order chi connectivity index (χ1) is 6.88. The average Bonchev–Trinajstić information content (AvgIpc) is 2.21. The van der Waals surface area contributed by atoms with Crippen molar-refractivity contribution in [1.29, 1.82) is 0 Å². The van der Waals surface area contributed by atoms with Crippen LogP contribution in [0.2, 0.25) is 5.02 Å². The molecule has 1 rings (SSSR count). The minimum absolute atomic E-state index is 0. The summed E-state index contributed by atoms with van der Waals surface area (Å²) in [5, 5.41) is 18.7. The number of benzene rings is 1. The molecule has 0 heterocycles. The van der Waals surface area contributed by atoms with Gasteiger partial charge in [0.1, 0.15) is 5.75 Å². The summed E-state index contributed by atoms with van der Waals surface area (Å²) in [5.74, 6) is 0.0365. The molecular formula is C11H17Cl2NO2. The Bertz CT molecular complexity index is 356. The molecule has 5 heteroatoms. The van der Waals surface area contributed by atoms with Crippen LogP contribution in [0.4, 0.5) is 0 Å². The molecule has 0 aromatic heterocycles. The summed E-state index contributed by atoms with van der Waals surface area (Å²) >= 11 is 5.78. The van der Waals surface area contributed by atoms with Gasteiger partial charge in [0.15, 0.2) is 0 Å². The standard InChI is InChI=1S/C11H16ClNO2.ClH/c1-11(2,6-14)10(13)7-3-4-9(15)8(12)5-7;/h3-5,10,14-15H,6,13H2,1-2H3;1H/t10-;/m1./s1. The van der Waals surface area contributed by atoms with Gasteiger partial charge in [-0.1, -0.05) is 31.5 Å². The van der Waals surface area contributed by atoms with Crippen LogP contribution in [0.3, 0.4) is 0 Å². The first-order valence-corrected chi connectivity index (χ1v) is 5.11. The Morgan fingerprint density at radius 2 is 2.00 bits per heavy atom. The second-order valence-electron chi connectivity index (χ2n) is 4.34. The summed E-state index contributed by atoms with van der Waals surface area (Å²) in [6, 6.07) is 4.52. The molecule has 0 aliphatic carbocycles. The van der Waals surface area contributed by atoms with Crippen LogP contribution in [0.15, 0.2) is 18.2 Å². The van der Waals surface area contributed by atoms with Crippen molar-refractivity contribution in [2.75, 3.05) is 6.61 Å². The number of aliphatic hydroxyl groups is 1. The first kappa shape index (κ1) is 15.5. The summed E-state index contributed by atoms with van der Waals surface area (Å²) in [6.45, 7) is 3.74. The number of nitrogens with two attached hydrogens (primary N) is 1. The minimum Gasteiger partial charge on any atom is -0.506 e. The third-order valence-corrected chi connectivity index (χ3v) is 2.88. The number of phenolic OH excluding ortho intramolecular Hbond substituents is 1. The highest BCUT2D eigenvalue weighted by Crippen LogP contribution is 2.34. The van der Waals surface area contributed by atoms with Gasteiger partial charge in [0.05, 0.1) is 5.02 Å². The van der Waals surface area contributed by atoms with Gasteiger partial charge in [0, 0.05) is 18.1 Å². The van der Waals surface area contributed by atoms with E-state index in [1.54, 1.807) is 12.1 Å². The van der Waals surface area contributed by atoms with Gasteiger partial charge in [-0.15, -0.1) is 12.4 Å². The van der Waals surface area contributed by atoms with Crippen molar-refractivity contribution in [1.82, 2.24) is 0 Å². The van der Waals surface area contributed by atoms with Crippen molar-refractivity contribution >= 4 is 24.0 Å². The fourth-order valence-electron chi connectivity index (χ4n) is 1.27. The van der Waals surface area contributed by atoms with E-state index in [0.717, 1.165) is 5.56 Å². The Labute approximate surface area is 107 Å². The van der Waals surface area contributed by atoms with E-state index in [-0.39, 0.29) is 35.8 Å². The molecule has 0 saturated heterocycles. The van der Waals surface area contributed by atoms with E-state index in [1.165, 1.54) is 6.07 Å². The number of aromatic hydroxyl groups is 1. The number of hydrogen-bond donors (Lipinski definition) is 3. The Hall–Kier alpha value is -0.480. The van der Waals surface area contributed by atoms with Gasteiger partial charge in [0.2, 0.25) is 0 Å². The molecule has 0 amide bonds. The van der Waals surface area contributed by atoms with E-state index >= 15 is 0 Å². The lowest BCUT2D eigenvalue weighted by atomic mass is 9.82. The van der Waals surface area contributed by atoms with Crippen molar-refractivity contribution in [2.45, 2.75) is 19.9 Å². The smallest absolute Gasteiger partial charge is 0.134 e. The number of phenols is 1. The maximum atomic E-state index is 9.26. The van der Waals surface area contributed by atoms with E-state index in [9.17, 15) is 10.2 Å². The van der Waals surface area contributed by atoms with Crippen molar-refractivity contribution in [3.63, 3.8) is 0 Å². The molecule has 0 fully saturated rings.